The Balaban J connectivity index is 2.90. The molecule has 0 aliphatic heterocycles. The fourth-order valence-electron chi connectivity index (χ4n) is 1.83. The van der Waals surface area contributed by atoms with Gasteiger partial charge >= 0.3 is 6.09 Å². The molecule has 0 saturated carbocycles. The fraction of sp³-hybridized carbons (Fsp3) is 0.500. The van der Waals surface area contributed by atoms with Crippen molar-refractivity contribution in [2.45, 2.75) is 44.8 Å². The first-order valence-corrected chi connectivity index (χ1v) is 7.22. The summed E-state index contributed by atoms with van der Waals surface area (Å²) in [7, 11) is 5.96. The molecule has 0 heterocycles. The normalized spacial score (nSPS) is 12.0. The SMILES string of the molecule is BC(B)(B)N(Cc1ccc(CO)cc1)C(=O)OC(C)(C)C. The van der Waals surface area contributed by atoms with Gasteiger partial charge in [0.1, 0.15) is 29.1 Å². The second-order valence-corrected chi connectivity index (χ2v) is 7.21. The molecule has 1 amide bonds. The molecule has 0 atom stereocenters. The molecule has 0 fully saturated rings. The molecule has 21 heavy (non-hydrogen) atoms. The Hall–Kier alpha value is -1.36. The van der Waals surface area contributed by atoms with Crippen LogP contribution in [0.15, 0.2) is 24.3 Å². The van der Waals surface area contributed by atoms with E-state index in [1.807, 2.05) is 68.6 Å². The lowest BCUT2D eigenvalue weighted by atomic mass is 9.48. The number of aliphatic hydroxyl groups excluding tert-OH is 1. The van der Waals surface area contributed by atoms with Crippen molar-refractivity contribution in [1.29, 1.82) is 0 Å². The Kier molecular flexibility index (Phi) is 5.57. The average molecular weight is 287 g/mol. The lowest BCUT2D eigenvalue weighted by molar-refractivity contribution is 0.0225. The number of benzene rings is 1. The highest BCUT2D eigenvalue weighted by molar-refractivity contribution is 6.59. The van der Waals surface area contributed by atoms with E-state index in [9.17, 15) is 4.79 Å². The molecule has 0 aliphatic carbocycles. The second-order valence-electron chi connectivity index (χ2n) is 7.21. The molecule has 112 valence electrons. The van der Waals surface area contributed by atoms with Gasteiger partial charge in [-0.1, -0.05) is 24.3 Å². The van der Waals surface area contributed by atoms with Crippen molar-refractivity contribution in [1.82, 2.24) is 4.90 Å². The zero-order valence-electron chi connectivity index (χ0n) is 13.9. The molecule has 0 saturated heterocycles. The van der Waals surface area contributed by atoms with Gasteiger partial charge in [0.05, 0.1) is 6.61 Å². The first-order chi connectivity index (χ1) is 9.53. The van der Waals surface area contributed by atoms with Gasteiger partial charge in [-0.05, 0) is 37.1 Å². The predicted molar refractivity (Wildman–Crippen MR) is 92.5 cm³/mol. The van der Waals surface area contributed by atoms with Crippen LogP contribution >= 0.6 is 0 Å². The molecular formula is C14H24B3NO3. The summed E-state index contributed by atoms with van der Waals surface area (Å²) < 4.78 is 5.49. The highest BCUT2D eigenvalue weighted by Crippen LogP contribution is 2.17. The van der Waals surface area contributed by atoms with Crippen molar-refractivity contribution in [2.24, 2.45) is 0 Å². The number of carbonyl (C=O) groups excluding carboxylic acids is 1. The van der Waals surface area contributed by atoms with Gasteiger partial charge in [-0.2, -0.15) is 0 Å². The van der Waals surface area contributed by atoms with Crippen LogP contribution in [0, 0.1) is 0 Å². The number of rotatable bonds is 4. The number of nitrogens with zero attached hydrogens (tertiary/aromatic N) is 1. The van der Waals surface area contributed by atoms with E-state index in [2.05, 4.69) is 0 Å². The van der Waals surface area contributed by atoms with Gasteiger partial charge in [-0.25, -0.2) is 4.79 Å². The number of hydrogen-bond acceptors (Lipinski definition) is 3. The van der Waals surface area contributed by atoms with Crippen molar-refractivity contribution in [3.05, 3.63) is 35.4 Å². The minimum Gasteiger partial charge on any atom is -0.444 e. The first kappa shape index (κ1) is 17.7. The lowest BCUT2D eigenvalue weighted by Gasteiger charge is -2.37. The maximum Gasteiger partial charge on any atom is 0.409 e. The summed E-state index contributed by atoms with van der Waals surface area (Å²) in [5, 5.41) is 8.74. The smallest absolute Gasteiger partial charge is 0.409 e. The summed E-state index contributed by atoms with van der Waals surface area (Å²) in [5.74, 6) is 0. The van der Waals surface area contributed by atoms with E-state index in [0.717, 1.165) is 11.1 Å². The second kappa shape index (κ2) is 6.61. The van der Waals surface area contributed by atoms with E-state index in [-0.39, 0.29) is 17.9 Å². The van der Waals surface area contributed by atoms with Crippen molar-refractivity contribution >= 4 is 29.6 Å². The van der Waals surface area contributed by atoms with E-state index in [0.29, 0.717) is 6.54 Å². The van der Waals surface area contributed by atoms with E-state index in [4.69, 9.17) is 9.84 Å². The highest BCUT2D eigenvalue weighted by Gasteiger charge is 2.30. The number of hydrogen-bond donors (Lipinski definition) is 1. The zero-order chi connectivity index (χ0) is 16.3. The molecule has 1 aromatic carbocycles. The molecule has 1 rings (SSSR count). The third kappa shape index (κ3) is 5.88. The fourth-order valence-corrected chi connectivity index (χ4v) is 1.83. The molecular weight excluding hydrogens is 263 g/mol. The van der Waals surface area contributed by atoms with Gasteiger partial charge in [-0.3, -0.25) is 0 Å². The molecule has 0 aromatic heterocycles. The molecule has 0 radical (unpaired) electrons. The molecule has 0 spiro atoms. The van der Waals surface area contributed by atoms with Gasteiger partial charge in [0, 0.05) is 6.54 Å². The maximum atomic E-state index is 12.4. The van der Waals surface area contributed by atoms with E-state index in [1.165, 1.54) is 0 Å². The molecule has 1 N–H and O–H groups in total. The topological polar surface area (TPSA) is 49.8 Å². The molecule has 4 nitrogen and oxygen atoms in total. The van der Waals surface area contributed by atoms with Crippen LogP contribution in [0.1, 0.15) is 31.9 Å². The predicted octanol–water partition coefficient (Wildman–Crippen LogP) is -0.573. The van der Waals surface area contributed by atoms with Crippen LogP contribution in [0.5, 0.6) is 0 Å². The van der Waals surface area contributed by atoms with Crippen LogP contribution in [0.4, 0.5) is 4.79 Å². The van der Waals surface area contributed by atoms with Crippen LogP contribution in [-0.4, -0.2) is 50.5 Å². The Morgan fingerprint density at radius 1 is 1.14 bits per heavy atom. The third-order valence-corrected chi connectivity index (χ3v) is 2.97. The lowest BCUT2D eigenvalue weighted by Crippen LogP contribution is -2.54. The third-order valence-electron chi connectivity index (χ3n) is 2.97. The number of amides is 1. The minimum atomic E-state index is -0.513. The van der Waals surface area contributed by atoms with Gasteiger partial charge in [0.2, 0.25) is 0 Å². The van der Waals surface area contributed by atoms with Gasteiger partial charge in [0.25, 0.3) is 0 Å². The van der Waals surface area contributed by atoms with Crippen molar-refractivity contribution in [2.75, 3.05) is 0 Å². The summed E-state index contributed by atoms with van der Waals surface area (Å²) in [6.45, 7) is 6.09. The Morgan fingerprint density at radius 3 is 2.00 bits per heavy atom. The highest BCUT2D eigenvalue weighted by atomic mass is 16.6. The van der Waals surface area contributed by atoms with E-state index in [1.54, 1.807) is 4.90 Å². The maximum absolute atomic E-state index is 12.4. The Labute approximate surface area is 130 Å². The molecule has 0 aliphatic rings. The summed E-state index contributed by atoms with van der Waals surface area (Å²) in [6, 6.07) is 7.58. The summed E-state index contributed by atoms with van der Waals surface area (Å²) >= 11 is 0. The number of carbonyl (C=O) groups is 1. The van der Waals surface area contributed by atoms with Crippen molar-refractivity contribution in [3.63, 3.8) is 0 Å². The minimum absolute atomic E-state index is 0.0231. The number of aliphatic hydroxyl groups is 1. The summed E-state index contributed by atoms with van der Waals surface area (Å²) in [6.07, 6.45) is -0.318. The molecule has 7 heteroatoms. The van der Waals surface area contributed by atoms with Gasteiger partial charge in [-0.15, -0.1) is 0 Å². The van der Waals surface area contributed by atoms with Crippen LogP contribution in [0.3, 0.4) is 0 Å². The zero-order valence-corrected chi connectivity index (χ0v) is 13.9. The van der Waals surface area contributed by atoms with Gasteiger partial charge < -0.3 is 14.7 Å². The average Bonchev–Trinajstić information content (AvgIpc) is 2.33. The molecule has 0 bridgehead atoms. The van der Waals surface area contributed by atoms with Crippen LogP contribution in [-0.2, 0) is 17.9 Å². The van der Waals surface area contributed by atoms with E-state index < -0.39 is 5.60 Å². The Morgan fingerprint density at radius 2 is 1.62 bits per heavy atom. The van der Waals surface area contributed by atoms with Crippen molar-refractivity contribution < 1.29 is 14.6 Å². The monoisotopic (exact) mass is 287 g/mol. The Bertz CT molecular complexity index is 478. The van der Waals surface area contributed by atoms with Crippen molar-refractivity contribution in [3.8, 4) is 0 Å². The van der Waals surface area contributed by atoms with Gasteiger partial charge in [0.15, 0.2) is 0 Å². The first-order valence-electron chi connectivity index (χ1n) is 7.22. The standard InChI is InChI=1S/C14H24B3NO3/c1-13(2,3)21-12(20)18(14(15,16)17)8-10-4-6-11(9-19)7-5-10/h4-7,19H,8-9,15-17H2,1-3H3. The summed E-state index contributed by atoms with van der Waals surface area (Å²) in [4.78, 5) is 14.1. The van der Waals surface area contributed by atoms with Crippen LogP contribution in [0.2, 0.25) is 0 Å². The number of ether oxygens (including phenoxy) is 1. The summed E-state index contributed by atoms with van der Waals surface area (Å²) in [5.41, 5.74) is 1.35. The molecule has 1 aromatic rings. The van der Waals surface area contributed by atoms with E-state index >= 15 is 0 Å². The van der Waals surface area contributed by atoms with Crippen LogP contribution < -0.4 is 0 Å². The van der Waals surface area contributed by atoms with Crippen LogP contribution in [0.25, 0.3) is 0 Å². The largest absolute Gasteiger partial charge is 0.444 e. The quantitative estimate of drug-likeness (QED) is 0.754. The molecule has 0 unspecified atom stereocenters.